The molecule has 0 aliphatic heterocycles. The SMILES string of the molecule is COC(=O)[C@H](Cc1ccc(OCc2ccccc2)c(OCc2ccccc2)c1)NC(=O)c1ccnc2ccccc12. The van der Waals surface area contributed by atoms with Gasteiger partial charge in [-0.15, -0.1) is 0 Å². The van der Waals surface area contributed by atoms with Crippen LogP contribution in [0.5, 0.6) is 11.5 Å². The number of pyridine rings is 1. The van der Waals surface area contributed by atoms with E-state index in [9.17, 15) is 9.59 Å². The van der Waals surface area contributed by atoms with Crippen LogP contribution in [0.15, 0.2) is 115 Å². The number of fused-ring (bicyclic) bond motifs is 1. The van der Waals surface area contributed by atoms with Crippen molar-refractivity contribution in [3.05, 3.63) is 138 Å². The summed E-state index contributed by atoms with van der Waals surface area (Å²) in [5.41, 5.74) is 3.94. The Bertz CT molecular complexity index is 1620. The largest absolute Gasteiger partial charge is 0.485 e. The number of nitrogens with one attached hydrogen (secondary N) is 1. The number of carbonyl (C=O) groups excluding carboxylic acids is 2. The van der Waals surface area contributed by atoms with Crippen LogP contribution >= 0.6 is 0 Å². The fourth-order valence-electron chi connectivity index (χ4n) is 4.48. The van der Waals surface area contributed by atoms with Gasteiger partial charge in [-0.1, -0.05) is 84.9 Å². The van der Waals surface area contributed by atoms with Crippen molar-refractivity contribution in [3.8, 4) is 11.5 Å². The van der Waals surface area contributed by atoms with Gasteiger partial charge in [-0.05, 0) is 41.0 Å². The highest BCUT2D eigenvalue weighted by Gasteiger charge is 2.24. The van der Waals surface area contributed by atoms with E-state index in [1.807, 2.05) is 103 Å². The summed E-state index contributed by atoms with van der Waals surface area (Å²) in [4.78, 5) is 30.4. The van der Waals surface area contributed by atoms with Gasteiger partial charge in [0.05, 0.1) is 18.2 Å². The van der Waals surface area contributed by atoms with Crippen LogP contribution in [0.1, 0.15) is 27.0 Å². The lowest BCUT2D eigenvalue weighted by atomic mass is 10.0. The van der Waals surface area contributed by atoms with Crippen molar-refractivity contribution in [2.45, 2.75) is 25.7 Å². The summed E-state index contributed by atoms with van der Waals surface area (Å²) >= 11 is 0. The van der Waals surface area contributed by atoms with Gasteiger partial charge >= 0.3 is 5.97 Å². The number of para-hydroxylation sites is 1. The molecule has 0 saturated heterocycles. The zero-order valence-corrected chi connectivity index (χ0v) is 22.7. The first kappa shape index (κ1) is 27.4. The van der Waals surface area contributed by atoms with E-state index in [4.69, 9.17) is 14.2 Å². The minimum absolute atomic E-state index is 0.197. The number of hydrogen-bond donors (Lipinski definition) is 1. The zero-order chi connectivity index (χ0) is 28.4. The van der Waals surface area contributed by atoms with Crippen LogP contribution in [-0.2, 0) is 29.2 Å². The molecule has 7 heteroatoms. The summed E-state index contributed by atoms with van der Waals surface area (Å²) in [6.07, 6.45) is 1.77. The van der Waals surface area contributed by atoms with E-state index in [0.29, 0.717) is 41.2 Å². The molecule has 1 atom stereocenters. The van der Waals surface area contributed by atoms with Crippen LogP contribution < -0.4 is 14.8 Å². The van der Waals surface area contributed by atoms with E-state index in [1.165, 1.54) is 7.11 Å². The first-order chi connectivity index (χ1) is 20.1. The lowest BCUT2D eigenvalue weighted by Crippen LogP contribution is -2.43. The summed E-state index contributed by atoms with van der Waals surface area (Å²) in [5, 5.41) is 3.55. The van der Waals surface area contributed by atoms with Crippen molar-refractivity contribution in [1.82, 2.24) is 10.3 Å². The second-order valence-electron chi connectivity index (χ2n) is 9.46. The Labute approximate surface area is 238 Å². The van der Waals surface area contributed by atoms with E-state index in [0.717, 1.165) is 16.7 Å². The monoisotopic (exact) mass is 546 g/mol. The average molecular weight is 547 g/mol. The Hall–Kier alpha value is -5.17. The van der Waals surface area contributed by atoms with E-state index in [-0.39, 0.29) is 12.3 Å². The average Bonchev–Trinajstić information content (AvgIpc) is 3.03. The third kappa shape index (κ3) is 7.08. The van der Waals surface area contributed by atoms with Crippen molar-refractivity contribution >= 4 is 22.8 Å². The maximum atomic E-state index is 13.3. The van der Waals surface area contributed by atoms with Crippen molar-refractivity contribution in [3.63, 3.8) is 0 Å². The van der Waals surface area contributed by atoms with Crippen molar-refractivity contribution in [2.75, 3.05) is 7.11 Å². The maximum Gasteiger partial charge on any atom is 0.328 e. The molecule has 5 rings (SSSR count). The second-order valence-corrected chi connectivity index (χ2v) is 9.46. The van der Waals surface area contributed by atoms with Gasteiger partial charge in [0.15, 0.2) is 11.5 Å². The minimum atomic E-state index is -0.919. The predicted molar refractivity (Wildman–Crippen MR) is 157 cm³/mol. The van der Waals surface area contributed by atoms with Gasteiger partial charge < -0.3 is 19.5 Å². The summed E-state index contributed by atoms with van der Waals surface area (Å²) in [5.74, 6) is 0.183. The molecular weight excluding hydrogens is 516 g/mol. The van der Waals surface area contributed by atoms with E-state index in [1.54, 1.807) is 12.3 Å². The number of methoxy groups -OCH3 is 1. The number of aromatic nitrogens is 1. The first-order valence-electron chi connectivity index (χ1n) is 13.3. The summed E-state index contributed by atoms with van der Waals surface area (Å²) in [6, 6.07) is 33.3. The maximum absolute atomic E-state index is 13.3. The van der Waals surface area contributed by atoms with Gasteiger partial charge in [0, 0.05) is 18.0 Å². The van der Waals surface area contributed by atoms with Gasteiger partial charge in [-0.3, -0.25) is 9.78 Å². The van der Waals surface area contributed by atoms with E-state index in [2.05, 4.69) is 10.3 Å². The number of hydrogen-bond acceptors (Lipinski definition) is 6. The highest BCUT2D eigenvalue weighted by Crippen LogP contribution is 2.31. The Morgan fingerprint density at radius 3 is 2.05 bits per heavy atom. The molecule has 0 unspecified atom stereocenters. The molecule has 4 aromatic carbocycles. The summed E-state index contributed by atoms with van der Waals surface area (Å²) in [6.45, 7) is 0.723. The van der Waals surface area contributed by atoms with Crippen LogP contribution in [0.25, 0.3) is 10.9 Å². The Morgan fingerprint density at radius 2 is 1.37 bits per heavy atom. The molecule has 1 N–H and O–H groups in total. The quantitative estimate of drug-likeness (QED) is 0.207. The summed E-state index contributed by atoms with van der Waals surface area (Å²) in [7, 11) is 1.30. The van der Waals surface area contributed by atoms with Crippen LogP contribution in [0.3, 0.4) is 0 Å². The van der Waals surface area contributed by atoms with E-state index >= 15 is 0 Å². The number of carbonyl (C=O) groups is 2. The third-order valence-electron chi connectivity index (χ3n) is 6.61. The molecule has 41 heavy (non-hydrogen) atoms. The van der Waals surface area contributed by atoms with Crippen molar-refractivity contribution in [1.29, 1.82) is 0 Å². The molecule has 0 spiro atoms. The molecule has 1 heterocycles. The molecule has 7 nitrogen and oxygen atoms in total. The van der Waals surface area contributed by atoms with Gasteiger partial charge in [0.2, 0.25) is 0 Å². The Kier molecular flexibility index (Phi) is 8.86. The standard InChI is InChI=1S/C34H30N2O5/c1-39-34(38)30(36-33(37)28-18-19-35-29-15-9-8-14-27(28)29)20-26-16-17-31(40-22-24-10-4-2-5-11-24)32(21-26)41-23-25-12-6-3-7-13-25/h2-19,21,30H,20,22-23H2,1H3,(H,36,37)/t30-/m0/s1. The summed E-state index contributed by atoms with van der Waals surface area (Å²) < 4.78 is 17.3. The first-order valence-corrected chi connectivity index (χ1v) is 13.3. The molecular formula is C34H30N2O5. The number of nitrogens with zero attached hydrogens (tertiary/aromatic N) is 1. The molecule has 1 aromatic heterocycles. The number of benzene rings is 4. The molecule has 0 aliphatic carbocycles. The van der Waals surface area contributed by atoms with E-state index < -0.39 is 12.0 Å². The van der Waals surface area contributed by atoms with Crippen LogP contribution in [0, 0.1) is 0 Å². The molecule has 0 aliphatic rings. The van der Waals surface area contributed by atoms with Crippen molar-refractivity contribution < 1.29 is 23.8 Å². The Balaban J connectivity index is 1.37. The molecule has 0 saturated carbocycles. The predicted octanol–water partition coefficient (Wildman–Crippen LogP) is 5.91. The minimum Gasteiger partial charge on any atom is -0.485 e. The number of ether oxygens (including phenoxy) is 3. The highest BCUT2D eigenvalue weighted by atomic mass is 16.5. The molecule has 1 amide bonds. The molecule has 0 bridgehead atoms. The molecule has 206 valence electrons. The highest BCUT2D eigenvalue weighted by molar-refractivity contribution is 6.07. The van der Waals surface area contributed by atoms with Crippen LogP contribution in [0.4, 0.5) is 0 Å². The normalized spacial score (nSPS) is 11.4. The lowest BCUT2D eigenvalue weighted by Gasteiger charge is -2.19. The Morgan fingerprint density at radius 1 is 0.732 bits per heavy atom. The number of rotatable bonds is 11. The van der Waals surface area contributed by atoms with Crippen LogP contribution in [-0.4, -0.2) is 30.0 Å². The van der Waals surface area contributed by atoms with Gasteiger partial charge in [-0.25, -0.2) is 4.79 Å². The molecule has 5 aromatic rings. The molecule has 0 fully saturated rings. The zero-order valence-electron chi connectivity index (χ0n) is 22.7. The van der Waals surface area contributed by atoms with Gasteiger partial charge in [0.25, 0.3) is 5.91 Å². The number of amides is 1. The van der Waals surface area contributed by atoms with Crippen LogP contribution in [0.2, 0.25) is 0 Å². The third-order valence-corrected chi connectivity index (χ3v) is 6.61. The number of esters is 1. The second kappa shape index (κ2) is 13.3. The van der Waals surface area contributed by atoms with Gasteiger partial charge in [0.1, 0.15) is 19.3 Å². The lowest BCUT2D eigenvalue weighted by molar-refractivity contribution is -0.142. The molecule has 0 radical (unpaired) electrons. The fraction of sp³-hybridized carbons (Fsp3) is 0.147. The van der Waals surface area contributed by atoms with Gasteiger partial charge in [-0.2, -0.15) is 0 Å². The topological polar surface area (TPSA) is 86.8 Å². The smallest absolute Gasteiger partial charge is 0.328 e. The fourth-order valence-corrected chi connectivity index (χ4v) is 4.48. The van der Waals surface area contributed by atoms with Crippen molar-refractivity contribution in [2.24, 2.45) is 0 Å².